The predicted molar refractivity (Wildman–Crippen MR) is 86.8 cm³/mol. The summed E-state index contributed by atoms with van der Waals surface area (Å²) in [5.41, 5.74) is 2.10. The number of oxime groups is 1. The van der Waals surface area contributed by atoms with Crippen molar-refractivity contribution in [2.45, 2.75) is 6.54 Å². The molecule has 0 fully saturated rings. The lowest BCUT2D eigenvalue weighted by Crippen LogP contribution is -2.08. The summed E-state index contributed by atoms with van der Waals surface area (Å²) in [5.74, 6) is 2.05. The number of methoxy groups -OCH3 is 1. The van der Waals surface area contributed by atoms with E-state index in [1.165, 1.54) is 13.3 Å². The number of nitrogens with zero attached hydrogens (tertiary/aromatic N) is 3. The van der Waals surface area contributed by atoms with E-state index < -0.39 is 5.97 Å². The Labute approximate surface area is 132 Å². The minimum absolute atomic E-state index is 0.138. The fraction of sp³-hybridized carbons (Fsp3) is 0.118. The van der Waals surface area contributed by atoms with Gasteiger partial charge in [0.15, 0.2) is 0 Å². The Hall–Kier alpha value is -3.33. The SMILES string of the molecule is C#CCn1c2ccccc2c2cc(C(=O)OC)nc(/C=N/O)c21. The van der Waals surface area contributed by atoms with E-state index in [4.69, 9.17) is 16.4 Å². The van der Waals surface area contributed by atoms with Crippen molar-refractivity contribution in [3.8, 4) is 12.3 Å². The lowest BCUT2D eigenvalue weighted by Gasteiger charge is -2.06. The zero-order valence-electron chi connectivity index (χ0n) is 12.4. The van der Waals surface area contributed by atoms with Gasteiger partial charge in [-0.05, 0) is 12.1 Å². The number of fused-ring (bicyclic) bond motifs is 3. The lowest BCUT2D eigenvalue weighted by molar-refractivity contribution is 0.0594. The molecule has 0 bridgehead atoms. The summed E-state index contributed by atoms with van der Waals surface area (Å²) >= 11 is 0. The second-order valence-corrected chi connectivity index (χ2v) is 4.83. The minimum atomic E-state index is -0.562. The molecule has 3 rings (SSSR count). The first kappa shape index (κ1) is 14.6. The molecular formula is C17H13N3O3. The third-order valence-electron chi connectivity index (χ3n) is 3.60. The smallest absolute Gasteiger partial charge is 0.356 e. The van der Waals surface area contributed by atoms with Crippen LogP contribution in [0, 0.1) is 12.3 Å². The van der Waals surface area contributed by atoms with Crippen molar-refractivity contribution in [2.75, 3.05) is 7.11 Å². The fourth-order valence-corrected chi connectivity index (χ4v) is 2.71. The molecule has 0 aliphatic carbocycles. The average Bonchev–Trinajstić information content (AvgIpc) is 2.89. The quantitative estimate of drug-likeness (QED) is 0.265. The highest BCUT2D eigenvalue weighted by Gasteiger charge is 2.18. The van der Waals surface area contributed by atoms with Gasteiger partial charge in [0, 0.05) is 10.8 Å². The van der Waals surface area contributed by atoms with Gasteiger partial charge in [-0.3, -0.25) is 0 Å². The number of para-hydroxylation sites is 1. The van der Waals surface area contributed by atoms with Crippen molar-refractivity contribution in [1.82, 2.24) is 9.55 Å². The molecule has 1 N–H and O–H groups in total. The summed E-state index contributed by atoms with van der Waals surface area (Å²) in [4.78, 5) is 16.1. The maximum Gasteiger partial charge on any atom is 0.356 e. The largest absolute Gasteiger partial charge is 0.464 e. The van der Waals surface area contributed by atoms with Crippen LogP contribution in [0.1, 0.15) is 16.2 Å². The van der Waals surface area contributed by atoms with Gasteiger partial charge in [0.05, 0.1) is 30.9 Å². The van der Waals surface area contributed by atoms with E-state index in [0.717, 1.165) is 16.3 Å². The van der Waals surface area contributed by atoms with Gasteiger partial charge in [0.1, 0.15) is 11.4 Å². The number of aromatic nitrogens is 2. The Balaban J connectivity index is 2.50. The van der Waals surface area contributed by atoms with Crippen molar-refractivity contribution in [3.63, 3.8) is 0 Å². The number of hydrogen-bond donors (Lipinski definition) is 1. The molecule has 3 aromatic rings. The topological polar surface area (TPSA) is 76.7 Å². The van der Waals surface area contributed by atoms with Crippen LogP contribution >= 0.6 is 0 Å². The van der Waals surface area contributed by atoms with Gasteiger partial charge in [0.2, 0.25) is 0 Å². The third-order valence-corrected chi connectivity index (χ3v) is 3.60. The van der Waals surface area contributed by atoms with E-state index in [2.05, 4.69) is 16.1 Å². The van der Waals surface area contributed by atoms with Crippen molar-refractivity contribution < 1.29 is 14.7 Å². The number of ether oxygens (including phenoxy) is 1. The number of benzene rings is 1. The van der Waals surface area contributed by atoms with Crippen molar-refractivity contribution in [2.24, 2.45) is 5.16 Å². The Morgan fingerprint density at radius 1 is 1.48 bits per heavy atom. The Morgan fingerprint density at radius 3 is 2.96 bits per heavy atom. The molecule has 2 heterocycles. The van der Waals surface area contributed by atoms with Crippen LogP contribution < -0.4 is 0 Å². The maximum atomic E-state index is 11.9. The fourth-order valence-electron chi connectivity index (χ4n) is 2.71. The molecule has 6 heteroatoms. The highest BCUT2D eigenvalue weighted by Crippen LogP contribution is 2.30. The molecule has 6 nitrogen and oxygen atoms in total. The molecule has 2 aromatic heterocycles. The highest BCUT2D eigenvalue weighted by molar-refractivity contribution is 6.13. The molecular weight excluding hydrogens is 294 g/mol. The number of terminal acetylenes is 1. The van der Waals surface area contributed by atoms with Crippen LogP contribution in [0.25, 0.3) is 21.8 Å². The van der Waals surface area contributed by atoms with Crippen LogP contribution in [-0.2, 0) is 11.3 Å². The van der Waals surface area contributed by atoms with Gasteiger partial charge < -0.3 is 14.5 Å². The number of carbonyl (C=O) groups excluding carboxylic acids is 1. The molecule has 0 aliphatic heterocycles. The standard InChI is InChI=1S/C17H13N3O3/c1-3-8-20-15-7-5-4-6-11(15)12-9-13(17(21)23-2)19-14(10-18-22)16(12)20/h1,4-7,9-10,22H,8H2,2H3/b18-10+. The van der Waals surface area contributed by atoms with Crippen molar-refractivity contribution in [1.29, 1.82) is 0 Å². The van der Waals surface area contributed by atoms with E-state index in [9.17, 15) is 4.79 Å². The maximum absolute atomic E-state index is 11.9. The molecule has 0 unspecified atom stereocenters. The van der Waals surface area contributed by atoms with Crippen molar-refractivity contribution in [3.05, 3.63) is 41.7 Å². The average molecular weight is 307 g/mol. The molecule has 0 spiro atoms. The summed E-state index contributed by atoms with van der Waals surface area (Å²) < 4.78 is 6.64. The Kier molecular flexibility index (Phi) is 3.69. The summed E-state index contributed by atoms with van der Waals surface area (Å²) in [5, 5.41) is 13.7. The van der Waals surface area contributed by atoms with Crippen LogP contribution in [0.5, 0.6) is 0 Å². The van der Waals surface area contributed by atoms with Gasteiger partial charge in [-0.2, -0.15) is 0 Å². The van der Waals surface area contributed by atoms with Crippen molar-refractivity contribution >= 4 is 34.0 Å². The number of hydrogen-bond acceptors (Lipinski definition) is 5. The van der Waals surface area contributed by atoms with Crippen LogP contribution in [0.15, 0.2) is 35.5 Å². The molecule has 23 heavy (non-hydrogen) atoms. The first-order valence-corrected chi connectivity index (χ1v) is 6.82. The van der Waals surface area contributed by atoms with E-state index in [0.29, 0.717) is 17.8 Å². The molecule has 0 amide bonds. The van der Waals surface area contributed by atoms with Gasteiger partial charge in [-0.25, -0.2) is 9.78 Å². The highest BCUT2D eigenvalue weighted by atomic mass is 16.5. The van der Waals surface area contributed by atoms with Crippen LogP contribution in [0.3, 0.4) is 0 Å². The monoisotopic (exact) mass is 307 g/mol. The second kappa shape index (κ2) is 5.81. The molecule has 0 radical (unpaired) electrons. The number of carbonyl (C=O) groups is 1. The number of pyridine rings is 1. The molecule has 114 valence electrons. The zero-order valence-corrected chi connectivity index (χ0v) is 12.4. The van der Waals surface area contributed by atoms with Crippen LogP contribution in [-0.4, -0.2) is 34.1 Å². The second-order valence-electron chi connectivity index (χ2n) is 4.83. The third kappa shape index (κ3) is 2.28. The van der Waals surface area contributed by atoms with Gasteiger partial charge in [-0.1, -0.05) is 29.3 Å². The lowest BCUT2D eigenvalue weighted by atomic mass is 10.1. The molecule has 0 aliphatic rings. The predicted octanol–water partition coefficient (Wildman–Crippen LogP) is 2.42. The minimum Gasteiger partial charge on any atom is -0.464 e. The summed E-state index contributed by atoms with van der Waals surface area (Å²) in [7, 11) is 1.29. The number of esters is 1. The first-order valence-electron chi connectivity index (χ1n) is 6.82. The Morgan fingerprint density at radius 2 is 2.26 bits per heavy atom. The van der Waals surface area contributed by atoms with E-state index in [1.807, 2.05) is 28.8 Å². The Bertz CT molecular complexity index is 980. The van der Waals surface area contributed by atoms with Gasteiger partial charge >= 0.3 is 5.97 Å². The summed E-state index contributed by atoms with van der Waals surface area (Å²) in [6.45, 7) is 0.329. The van der Waals surface area contributed by atoms with Crippen LogP contribution in [0.2, 0.25) is 0 Å². The number of rotatable bonds is 3. The van der Waals surface area contributed by atoms with Gasteiger partial charge in [-0.15, -0.1) is 6.42 Å². The molecule has 0 atom stereocenters. The van der Waals surface area contributed by atoms with Gasteiger partial charge in [0.25, 0.3) is 0 Å². The summed E-state index contributed by atoms with van der Waals surface area (Å²) in [6.07, 6.45) is 6.66. The zero-order chi connectivity index (χ0) is 16.4. The molecule has 0 saturated heterocycles. The molecule has 0 saturated carbocycles. The summed E-state index contributed by atoms with van der Waals surface area (Å²) in [6, 6.07) is 9.34. The normalized spacial score (nSPS) is 11.1. The van der Waals surface area contributed by atoms with E-state index in [-0.39, 0.29) is 5.69 Å². The van der Waals surface area contributed by atoms with E-state index >= 15 is 0 Å². The first-order chi connectivity index (χ1) is 11.2. The van der Waals surface area contributed by atoms with Crippen LogP contribution in [0.4, 0.5) is 0 Å². The van der Waals surface area contributed by atoms with E-state index in [1.54, 1.807) is 6.07 Å². The molecule has 1 aromatic carbocycles.